The number of hydrogen-bond acceptors (Lipinski definition) is 7. The first-order valence-corrected chi connectivity index (χ1v) is 12.9. The Kier molecular flexibility index (Phi) is 7.95. The van der Waals surface area contributed by atoms with Gasteiger partial charge < -0.3 is 28.7 Å². The first kappa shape index (κ1) is 25.9. The first-order chi connectivity index (χ1) is 12.9. The van der Waals surface area contributed by atoms with Crippen LogP contribution in [0.25, 0.3) is 0 Å². The second kappa shape index (κ2) is 8.91. The highest BCUT2D eigenvalue weighted by molar-refractivity contribution is 6.74. The molecule has 0 radical (unpaired) electrons. The molecule has 0 aromatic rings. The fraction of sp³-hybridized carbons (Fsp3) is 0.900. The lowest BCUT2D eigenvalue weighted by Gasteiger charge is -2.37. The van der Waals surface area contributed by atoms with Gasteiger partial charge in [-0.3, -0.25) is 0 Å². The van der Waals surface area contributed by atoms with Crippen LogP contribution < -0.4 is 5.32 Å². The normalized spacial score (nSPS) is 23.4. The molecule has 8 nitrogen and oxygen atoms in total. The molecule has 1 amide bonds. The van der Waals surface area contributed by atoms with Crippen molar-refractivity contribution in [2.45, 2.75) is 103 Å². The highest BCUT2D eigenvalue weighted by atomic mass is 28.4. The van der Waals surface area contributed by atoms with Crippen molar-refractivity contribution in [3.8, 4) is 0 Å². The molecular formula is C20H39NO7Si. The van der Waals surface area contributed by atoms with E-state index in [1.807, 2.05) is 0 Å². The molecule has 1 fully saturated rings. The average Bonchev–Trinajstić information content (AvgIpc) is 2.82. The summed E-state index contributed by atoms with van der Waals surface area (Å²) in [6, 6.07) is -1.09. The third kappa shape index (κ3) is 7.55. The first-order valence-electron chi connectivity index (χ1n) is 9.95. The van der Waals surface area contributed by atoms with Crippen LogP contribution in [0.4, 0.5) is 4.79 Å². The number of methoxy groups -OCH3 is 1. The second-order valence-corrected chi connectivity index (χ2v) is 15.2. The molecule has 0 aromatic heterocycles. The standard InChI is InChI=1S/C20H39NO7Si/c1-18(2,3)28-17(23)21-14(16(22)24-9)15-13(26-20(7,8)27-15)12-25-29(10,11)19(4,5)6/h13-15H,12H2,1-11H3,(H,21,23)/t13-,14-,15+/m0/s1. The van der Waals surface area contributed by atoms with Gasteiger partial charge in [0.1, 0.15) is 17.8 Å². The third-order valence-electron chi connectivity index (χ3n) is 5.09. The summed E-state index contributed by atoms with van der Waals surface area (Å²) in [4.78, 5) is 24.8. The van der Waals surface area contributed by atoms with Gasteiger partial charge in [0.2, 0.25) is 0 Å². The lowest BCUT2D eigenvalue weighted by atomic mass is 10.1. The van der Waals surface area contributed by atoms with Crippen LogP contribution in [0.1, 0.15) is 55.4 Å². The van der Waals surface area contributed by atoms with Crippen molar-refractivity contribution in [3.05, 3.63) is 0 Å². The van der Waals surface area contributed by atoms with Gasteiger partial charge >= 0.3 is 12.1 Å². The van der Waals surface area contributed by atoms with Crippen LogP contribution in [0.3, 0.4) is 0 Å². The van der Waals surface area contributed by atoms with Gasteiger partial charge in [-0.15, -0.1) is 0 Å². The van der Waals surface area contributed by atoms with E-state index in [-0.39, 0.29) is 11.6 Å². The molecule has 0 bridgehead atoms. The van der Waals surface area contributed by atoms with Crippen molar-refractivity contribution in [1.29, 1.82) is 0 Å². The third-order valence-corrected chi connectivity index (χ3v) is 9.59. The van der Waals surface area contributed by atoms with E-state index in [1.54, 1.807) is 34.6 Å². The number of rotatable bonds is 6. The summed E-state index contributed by atoms with van der Waals surface area (Å²) in [7, 11) is -0.788. The van der Waals surface area contributed by atoms with Gasteiger partial charge in [-0.25, -0.2) is 9.59 Å². The maximum atomic E-state index is 12.5. The van der Waals surface area contributed by atoms with Crippen LogP contribution in [-0.2, 0) is 28.2 Å². The molecule has 0 aromatic carbocycles. The van der Waals surface area contributed by atoms with E-state index in [1.165, 1.54) is 7.11 Å². The molecule has 1 aliphatic rings. The SMILES string of the molecule is COC(=O)[C@@H](NC(=O)OC(C)(C)C)[C@@H]1OC(C)(C)O[C@H]1CO[Si](C)(C)C(C)(C)C. The minimum absolute atomic E-state index is 0.0218. The zero-order chi connectivity index (χ0) is 22.8. The Balaban J connectivity index is 3.04. The Morgan fingerprint density at radius 2 is 1.66 bits per heavy atom. The average molecular weight is 434 g/mol. The smallest absolute Gasteiger partial charge is 0.408 e. The summed E-state index contributed by atoms with van der Waals surface area (Å²) >= 11 is 0. The molecule has 29 heavy (non-hydrogen) atoms. The van der Waals surface area contributed by atoms with E-state index in [0.717, 1.165) is 0 Å². The predicted molar refractivity (Wildman–Crippen MR) is 112 cm³/mol. The number of carbonyl (C=O) groups is 2. The summed E-state index contributed by atoms with van der Waals surface area (Å²) in [6.45, 7) is 19.7. The van der Waals surface area contributed by atoms with Gasteiger partial charge in [0, 0.05) is 0 Å². The number of esters is 1. The van der Waals surface area contributed by atoms with Gasteiger partial charge in [0.25, 0.3) is 0 Å². The van der Waals surface area contributed by atoms with Crippen molar-refractivity contribution in [2.75, 3.05) is 13.7 Å². The fourth-order valence-corrected chi connectivity index (χ4v) is 3.63. The highest BCUT2D eigenvalue weighted by Gasteiger charge is 2.50. The molecule has 1 aliphatic heterocycles. The van der Waals surface area contributed by atoms with Gasteiger partial charge in [0.15, 0.2) is 20.1 Å². The fourth-order valence-electron chi connectivity index (χ4n) is 2.62. The minimum atomic E-state index is -2.05. The van der Waals surface area contributed by atoms with Crippen LogP contribution in [-0.4, -0.2) is 63.7 Å². The topological polar surface area (TPSA) is 92.3 Å². The van der Waals surface area contributed by atoms with E-state index in [2.05, 4.69) is 39.2 Å². The maximum Gasteiger partial charge on any atom is 0.408 e. The maximum absolute atomic E-state index is 12.5. The van der Waals surface area contributed by atoms with Crippen LogP contribution in [0.15, 0.2) is 0 Å². The summed E-state index contributed by atoms with van der Waals surface area (Å²) in [6.07, 6.45) is -2.07. The molecular weight excluding hydrogens is 394 g/mol. The van der Waals surface area contributed by atoms with Gasteiger partial charge in [-0.05, 0) is 52.8 Å². The lowest BCUT2D eigenvalue weighted by Crippen LogP contribution is -2.55. The molecule has 3 atom stereocenters. The molecule has 170 valence electrons. The second-order valence-electron chi connectivity index (χ2n) is 10.4. The molecule has 1 rings (SSSR count). The zero-order valence-corrected chi connectivity index (χ0v) is 20.8. The number of hydrogen-bond donors (Lipinski definition) is 1. The molecule has 1 heterocycles. The lowest BCUT2D eigenvalue weighted by molar-refractivity contribution is -0.159. The van der Waals surface area contributed by atoms with Crippen LogP contribution in [0, 0.1) is 0 Å². The Bertz CT molecular complexity index is 593. The molecule has 0 spiro atoms. The Morgan fingerprint density at radius 1 is 1.10 bits per heavy atom. The van der Waals surface area contributed by atoms with Gasteiger partial charge in [-0.1, -0.05) is 20.8 Å². The van der Waals surface area contributed by atoms with E-state index in [9.17, 15) is 9.59 Å². The molecule has 0 unspecified atom stereocenters. The number of ether oxygens (including phenoxy) is 4. The summed E-state index contributed by atoms with van der Waals surface area (Å²) in [5.74, 6) is -1.58. The summed E-state index contributed by atoms with van der Waals surface area (Å²) < 4.78 is 28.4. The van der Waals surface area contributed by atoms with Crippen LogP contribution in [0.2, 0.25) is 18.1 Å². The highest BCUT2D eigenvalue weighted by Crippen LogP contribution is 2.38. The van der Waals surface area contributed by atoms with Crippen molar-refractivity contribution < 1.29 is 33.0 Å². The molecule has 1 N–H and O–H groups in total. The predicted octanol–water partition coefficient (Wildman–Crippen LogP) is 3.59. The van der Waals surface area contributed by atoms with E-state index in [0.29, 0.717) is 0 Å². The molecule has 9 heteroatoms. The van der Waals surface area contributed by atoms with Crippen molar-refractivity contribution in [2.24, 2.45) is 0 Å². The van der Waals surface area contributed by atoms with Crippen molar-refractivity contribution in [3.63, 3.8) is 0 Å². The number of alkyl carbamates (subject to hydrolysis) is 1. The zero-order valence-electron chi connectivity index (χ0n) is 19.8. The summed E-state index contributed by atoms with van der Waals surface area (Å²) in [5.41, 5.74) is -0.706. The van der Waals surface area contributed by atoms with Crippen molar-refractivity contribution >= 4 is 20.4 Å². The minimum Gasteiger partial charge on any atom is -0.467 e. The van der Waals surface area contributed by atoms with Crippen molar-refractivity contribution in [1.82, 2.24) is 5.32 Å². The Labute approximate surface area is 176 Å². The van der Waals surface area contributed by atoms with Crippen LogP contribution in [0.5, 0.6) is 0 Å². The molecule has 0 saturated carbocycles. The Morgan fingerprint density at radius 3 is 2.10 bits per heavy atom. The summed E-state index contributed by atoms with van der Waals surface area (Å²) in [5, 5.41) is 2.60. The molecule has 1 saturated heterocycles. The Hall–Kier alpha value is -1.16. The largest absolute Gasteiger partial charge is 0.467 e. The monoisotopic (exact) mass is 433 g/mol. The number of amides is 1. The number of carbonyl (C=O) groups excluding carboxylic acids is 2. The molecule has 0 aliphatic carbocycles. The van der Waals surface area contributed by atoms with Gasteiger partial charge in [0.05, 0.1) is 13.7 Å². The number of nitrogens with one attached hydrogen (secondary N) is 1. The van der Waals surface area contributed by atoms with E-state index >= 15 is 0 Å². The van der Waals surface area contributed by atoms with E-state index in [4.69, 9.17) is 23.4 Å². The van der Waals surface area contributed by atoms with Gasteiger partial charge in [-0.2, -0.15) is 0 Å². The van der Waals surface area contributed by atoms with Crippen LogP contribution >= 0.6 is 0 Å². The quantitative estimate of drug-likeness (QED) is 0.505. The van der Waals surface area contributed by atoms with E-state index < -0.39 is 50.0 Å².